The standard InChI is InChI=1S/C14H29NOS/c1-7-15-12(8-9-17-6)11-10-13(2,3)16-14(11,4)5/h11-12,15H,7-10H2,1-6H3. The van der Waals surface area contributed by atoms with E-state index in [1.54, 1.807) is 0 Å². The van der Waals surface area contributed by atoms with E-state index in [4.69, 9.17) is 4.74 Å². The molecule has 0 aliphatic carbocycles. The molecule has 17 heavy (non-hydrogen) atoms. The molecule has 2 atom stereocenters. The van der Waals surface area contributed by atoms with Gasteiger partial charge in [0.15, 0.2) is 0 Å². The van der Waals surface area contributed by atoms with Crippen molar-refractivity contribution in [1.29, 1.82) is 0 Å². The van der Waals surface area contributed by atoms with E-state index in [2.05, 4.69) is 46.2 Å². The molecule has 1 heterocycles. The molecule has 0 bridgehead atoms. The molecule has 1 saturated heterocycles. The van der Waals surface area contributed by atoms with Gasteiger partial charge in [-0.2, -0.15) is 11.8 Å². The number of rotatable bonds is 6. The molecule has 0 aromatic heterocycles. The molecule has 1 aliphatic rings. The van der Waals surface area contributed by atoms with E-state index in [0.29, 0.717) is 12.0 Å². The van der Waals surface area contributed by atoms with Crippen molar-refractivity contribution >= 4 is 11.8 Å². The third-order valence-electron chi connectivity index (χ3n) is 3.73. The summed E-state index contributed by atoms with van der Waals surface area (Å²) in [4.78, 5) is 0. The third-order valence-corrected chi connectivity index (χ3v) is 4.37. The van der Waals surface area contributed by atoms with Gasteiger partial charge in [-0.05, 0) is 59.1 Å². The topological polar surface area (TPSA) is 21.3 Å². The first-order valence-electron chi connectivity index (χ1n) is 6.75. The van der Waals surface area contributed by atoms with Gasteiger partial charge in [0, 0.05) is 12.0 Å². The van der Waals surface area contributed by atoms with Crippen molar-refractivity contribution in [1.82, 2.24) is 5.32 Å². The van der Waals surface area contributed by atoms with Crippen molar-refractivity contribution in [2.24, 2.45) is 5.92 Å². The monoisotopic (exact) mass is 259 g/mol. The number of hydrogen-bond donors (Lipinski definition) is 1. The van der Waals surface area contributed by atoms with E-state index in [9.17, 15) is 0 Å². The van der Waals surface area contributed by atoms with Crippen LogP contribution in [0.5, 0.6) is 0 Å². The number of nitrogens with one attached hydrogen (secondary N) is 1. The lowest BCUT2D eigenvalue weighted by Gasteiger charge is -2.33. The normalized spacial score (nSPS) is 28.2. The van der Waals surface area contributed by atoms with Gasteiger partial charge in [0.25, 0.3) is 0 Å². The number of thioether (sulfide) groups is 1. The lowest BCUT2D eigenvalue weighted by atomic mass is 9.80. The second-order valence-corrected chi connectivity index (χ2v) is 7.21. The van der Waals surface area contributed by atoms with E-state index in [1.807, 2.05) is 11.8 Å². The lowest BCUT2D eigenvalue weighted by Crippen LogP contribution is -2.44. The molecular weight excluding hydrogens is 230 g/mol. The molecule has 0 saturated carbocycles. The van der Waals surface area contributed by atoms with E-state index < -0.39 is 0 Å². The van der Waals surface area contributed by atoms with Crippen LogP contribution in [0.15, 0.2) is 0 Å². The highest BCUT2D eigenvalue weighted by Gasteiger charge is 2.48. The van der Waals surface area contributed by atoms with Crippen LogP contribution in [0.3, 0.4) is 0 Å². The maximum Gasteiger partial charge on any atom is 0.0677 e. The largest absolute Gasteiger partial charge is 0.369 e. The summed E-state index contributed by atoms with van der Waals surface area (Å²) in [5.41, 5.74) is 0.0238. The molecule has 102 valence electrons. The molecule has 0 spiro atoms. The SMILES string of the molecule is CCNC(CCSC)C1CC(C)(C)OC1(C)C. The van der Waals surface area contributed by atoms with Gasteiger partial charge in [-0.15, -0.1) is 0 Å². The van der Waals surface area contributed by atoms with Crippen LogP contribution in [0.25, 0.3) is 0 Å². The smallest absolute Gasteiger partial charge is 0.0677 e. The Kier molecular flexibility index (Phi) is 5.36. The Balaban J connectivity index is 2.72. The summed E-state index contributed by atoms with van der Waals surface area (Å²) in [6.45, 7) is 12.2. The maximum absolute atomic E-state index is 6.21. The molecule has 0 radical (unpaired) electrons. The predicted molar refractivity (Wildman–Crippen MR) is 77.8 cm³/mol. The molecule has 1 rings (SSSR count). The fourth-order valence-corrected chi connectivity index (χ4v) is 3.67. The molecule has 0 aromatic rings. The van der Waals surface area contributed by atoms with Gasteiger partial charge in [-0.1, -0.05) is 6.92 Å². The Morgan fingerprint density at radius 3 is 2.41 bits per heavy atom. The van der Waals surface area contributed by atoms with E-state index in [0.717, 1.165) is 13.0 Å². The van der Waals surface area contributed by atoms with Crippen molar-refractivity contribution in [3.8, 4) is 0 Å². The first-order valence-corrected chi connectivity index (χ1v) is 8.14. The van der Waals surface area contributed by atoms with Gasteiger partial charge < -0.3 is 10.1 Å². The second kappa shape index (κ2) is 5.94. The summed E-state index contributed by atoms with van der Waals surface area (Å²) in [6.07, 6.45) is 4.58. The molecule has 1 fully saturated rings. The molecule has 0 aromatic carbocycles. The highest BCUT2D eigenvalue weighted by molar-refractivity contribution is 7.98. The summed E-state index contributed by atoms with van der Waals surface area (Å²) in [5, 5.41) is 3.66. The zero-order valence-corrected chi connectivity index (χ0v) is 13.1. The van der Waals surface area contributed by atoms with Gasteiger partial charge in [-0.3, -0.25) is 0 Å². The van der Waals surface area contributed by atoms with E-state index in [1.165, 1.54) is 12.2 Å². The molecule has 3 heteroatoms. The van der Waals surface area contributed by atoms with Crippen LogP contribution >= 0.6 is 11.8 Å². The van der Waals surface area contributed by atoms with E-state index in [-0.39, 0.29) is 11.2 Å². The van der Waals surface area contributed by atoms with Crippen molar-refractivity contribution in [3.63, 3.8) is 0 Å². The van der Waals surface area contributed by atoms with Gasteiger partial charge >= 0.3 is 0 Å². The van der Waals surface area contributed by atoms with Gasteiger partial charge in [0.1, 0.15) is 0 Å². The second-order valence-electron chi connectivity index (χ2n) is 6.22. The van der Waals surface area contributed by atoms with Crippen molar-refractivity contribution in [2.75, 3.05) is 18.6 Å². The highest BCUT2D eigenvalue weighted by Crippen LogP contribution is 2.44. The summed E-state index contributed by atoms with van der Waals surface area (Å²) < 4.78 is 6.21. The Bertz CT molecular complexity index is 240. The first-order chi connectivity index (χ1) is 7.82. The average Bonchev–Trinajstić information content (AvgIpc) is 2.41. The van der Waals surface area contributed by atoms with Crippen LogP contribution < -0.4 is 5.32 Å². The Morgan fingerprint density at radius 1 is 1.35 bits per heavy atom. The van der Waals surface area contributed by atoms with Crippen LogP contribution in [0, 0.1) is 5.92 Å². The molecule has 1 aliphatic heterocycles. The fourth-order valence-electron chi connectivity index (χ4n) is 3.18. The predicted octanol–water partition coefficient (Wildman–Crippen LogP) is 3.31. The van der Waals surface area contributed by atoms with Crippen molar-refractivity contribution < 1.29 is 4.74 Å². The maximum atomic E-state index is 6.21. The summed E-state index contributed by atoms with van der Waals surface area (Å²) >= 11 is 1.93. The summed E-state index contributed by atoms with van der Waals surface area (Å²) in [6, 6.07) is 0.587. The quantitative estimate of drug-likeness (QED) is 0.791. The summed E-state index contributed by atoms with van der Waals surface area (Å²) in [7, 11) is 0. The van der Waals surface area contributed by atoms with Crippen molar-refractivity contribution in [3.05, 3.63) is 0 Å². The minimum absolute atomic E-state index is 0.00521. The Labute approximate surface area is 111 Å². The molecular formula is C14H29NOS. The number of ether oxygens (including phenoxy) is 1. The Hall–Kier alpha value is 0.270. The molecule has 0 amide bonds. The molecule has 2 unspecified atom stereocenters. The van der Waals surface area contributed by atoms with Crippen LogP contribution in [0.1, 0.15) is 47.5 Å². The van der Waals surface area contributed by atoms with Gasteiger partial charge in [0.05, 0.1) is 11.2 Å². The van der Waals surface area contributed by atoms with Crippen LogP contribution in [-0.2, 0) is 4.74 Å². The third kappa shape index (κ3) is 4.15. The van der Waals surface area contributed by atoms with Crippen LogP contribution in [-0.4, -0.2) is 35.8 Å². The van der Waals surface area contributed by atoms with Crippen LogP contribution in [0.4, 0.5) is 0 Å². The van der Waals surface area contributed by atoms with Gasteiger partial charge in [0.2, 0.25) is 0 Å². The fraction of sp³-hybridized carbons (Fsp3) is 1.00. The van der Waals surface area contributed by atoms with E-state index >= 15 is 0 Å². The minimum Gasteiger partial charge on any atom is -0.369 e. The Morgan fingerprint density at radius 2 is 2.00 bits per heavy atom. The molecule has 2 nitrogen and oxygen atoms in total. The highest BCUT2D eigenvalue weighted by atomic mass is 32.2. The average molecular weight is 259 g/mol. The zero-order valence-electron chi connectivity index (χ0n) is 12.3. The lowest BCUT2D eigenvalue weighted by molar-refractivity contribution is -0.0776. The minimum atomic E-state index is -0.00521. The van der Waals surface area contributed by atoms with Gasteiger partial charge in [-0.25, -0.2) is 0 Å². The van der Waals surface area contributed by atoms with Crippen LogP contribution in [0.2, 0.25) is 0 Å². The number of hydrogen-bond acceptors (Lipinski definition) is 3. The zero-order chi connectivity index (χ0) is 13.1. The van der Waals surface area contributed by atoms with Crippen molar-refractivity contribution in [2.45, 2.75) is 64.7 Å². The molecule has 1 N–H and O–H groups in total. The summed E-state index contributed by atoms with van der Waals surface area (Å²) in [5.74, 6) is 1.84. The first kappa shape index (κ1) is 15.3.